The summed E-state index contributed by atoms with van der Waals surface area (Å²) in [7, 11) is 0. The molecule has 0 aromatic carbocycles. The number of hydrogen-bond acceptors (Lipinski definition) is 2. The molecule has 0 N–H and O–H groups in total. The molecular weight excluding hydrogens is 204 g/mol. The molecule has 2 nitrogen and oxygen atoms in total. The standard InChI is InChI=1S/C12H16N2S/c1-3-5-10(2)14-8-7-13-12(14)11-6-4-9-15-11/h4,6-10H,3,5H2,1-2H3. The van der Waals surface area contributed by atoms with E-state index in [4.69, 9.17) is 0 Å². The van der Waals surface area contributed by atoms with E-state index in [9.17, 15) is 0 Å². The van der Waals surface area contributed by atoms with E-state index in [-0.39, 0.29) is 0 Å². The van der Waals surface area contributed by atoms with Crippen LogP contribution in [0.2, 0.25) is 0 Å². The molecule has 0 bridgehead atoms. The summed E-state index contributed by atoms with van der Waals surface area (Å²) < 4.78 is 2.27. The highest BCUT2D eigenvalue weighted by Crippen LogP contribution is 2.26. The Labute approximate surface area is 94.6 Å². The number of rotatable bonds is 4. The molecule has 0 spiro atoms. The van der Waals surface area contributed by atoms with Gasteiger partial charge in [-0.3, -0.25) is 0 Å². The minimum absolute atomic E-state index is 0.537. The van der Waals surface area contributed by atoms with Crippen molar-refractivity contribution < 1.29 is 0 Å². The topological polar surface area (TPSA) is 17.8 Å². The second-order valence-corrected chi connectivity index (χ2v) is 4.72. The van der Waals surface area contributed by atoms with E-state index in [2.05, 4.69) is 47.1 Å². The van der Waals surface area contributed by atoms with Crippen LogP contribution in [0.25, 0.3) is 10.7 Å². The molecule has 2 aromatic rings. The third kappa shape index (κ3) is 2.12. The van der Waals surface area contributed by atoms with E-state index in [1.54, 1.807) is 11.3 Å². The zero-order chi connectivity index (χ0) is 10.7. The van der Waals surface area contributed by atoms with E-state index in [1.165, 1.54) is 17.7 Å². The van der Waals surface area contributed by atoms with Crippen molar-refractivity contribution >= 4 is 11.3 Å². The van der Waals surface area contributed by atoms with Crippen LogP contribution in [0.3, 0.4) is 0 Å². The highest BCUT2D eigenvalue weighted by atomic mass is 32.1. The minimum atomic E-state index is 0.537. The van der Waals surface area contributed by atoms with Crippen LogP contribution in [0.5, 0.6) is 0 Å². The lowest BCUT2D eigenvalue weighted by atomic mass is 10.2. The van der Waals surface area contributed by atoms with Gasteiger partial charge in [0.1, 0.15) is 5.82 Å². The molecule has 2 heterocycles. The van der Waals surface area contributed by atoms with E-state index in [0.717, 1.165) is 5.82 Å². The maximum atomic E-state index is 4.44. The van der Waals surface area contributed by atoms with Gasteiger partial charge in [0.25, 0.3) is 0 Å². The maximum Gasteiger partial charge on any atom is 0.150 e. The van der Waals surface area contributed by atoms with E-state index >= 15 is 0 Å². The van der Waals surface area contributed by atoms with Crippen LogP contribution in [0.1, 0.15) is 32.7 Å². The Morgan fingerprint density at radius 2 is 2.40 bits per heavy atom. The largest absolute Gasteiger partial charge is 0.328 e. The lowest BCUT2D eigenvalue weighted by Crippen LogP contribution is -2.04. The average molecular weight is 220 g/mol. The predicted molar refractivity (Wildman–Crippen MR) is 65.2 cm³/mol. The van der Waals surface area contributed by atoms with Crippen molar-refractivity contribution in [1.82, 2.24) is 9.55 Å². The Morgan fingerprint density at radius 1 is 1.53 bits per heavy atom. The summed E-state index contributed by atoms with van der Waals surface area (Å²) in [5.41, 5.74) is 0. The van der Waals surface area contributed by atoms with Crippen LogP contribution in [0.15, 0.2) is 29.9 Å². The average Bonchev–Trinajstić information content (AvgIpc) is 2.88. The summed E-state index contributed by atoms with van der Waals surface area (Å²) >= 11 is 1.75. The smallest absolute Gasteiger partial charge is 0.150 e. The van der Waals surface area contributed by atoms with Gasteiger partial charge in [-0.05, 0) is 24.8 Å². The van der Waals surface area contributed by atoms with Crippen molar-refractivity contribution in [2.75, 3.05) is 0 Å². The van der Waals surface area contributed by atoms with Gasteiger partial charge in [-0.1, -0.05) is 19.4 Å². The van der Waals surface area contributed by atoms with Crippen LogP contribution in [-0.4, -0.2) is 9.55 Å². The van der Waals surface area contributed by atoms with Gasteiger partial charge in [-0.2, -0.15) is 0 Å². The van der Waals surface area contributed by atoms with Gasteiger partial charge in [0.15, 0.2) is 0 Å². The fourth-order valence-electron chi connectivity index (χ4n) is 1.82. The molecule has 0 aliphatic heterocycles. The molecule has 0 aliphatic carbocycles. The summed E-state index contributed by atoms with van der Waals surface area (Å²) in [6, 6.07) is 4.74. The number of thiophene rings is 1. The zero-order valence-corrected chi connectivity index (χ0v) is 10.00. The molecule has 0 fully saturated rings. The molecular formula is C12H16N2S. The lowest BCUT2D eigenvalue weighted by molar-refractivity contribution is 0.505. The van der Waals surface area contributed by atoms with Crippen LogP contribution in [0.4, 0.5) is 0 Å². The molecule has 15 heavy (non-hydrogen) atoms. The van der Waals surface area contributed by atoms with Crippen molar-refractivity contribution in [1.29, 1.82) is 0 Å². The second kappa shape index (κ2) is 4.62. The Bertz CT molecular complexity index is 403. The van der Waals surface area contributed by atoms with Crippen LogP contribution in [-0.2, 0) is 0 Å². The van der Waals surface area contributed by atoms with Gasteiger partial charge in [0, 0.05) is 18.4 Å². The molecule has 2 aromatic heterocycles. The van der Waals surface area contributed by atoms with Crippen LogP contribution >= 0.6 is 11.3 Å². The quantitative estimate of drug-likeness (QED) is 0.762. The Kier molecular flexibility index (Phi) is 3.21. The molecule has 1 unspecified atom stereocenters. The van der Waals surface area contributed by atoms with E-state index in [1.807, 2.05) is 6.20 Å². The summed E-state index contributed by atoms with van der Waals surface area (Å²) in [6.45, 7) is 4.47. The Balaban J connectivity index is 2.30. The van der Waals surface area contributed by atoms with Crippen molar-refractivity contribution in [2.45, 2.75) is 32.7 Å². The summed E-state index contributed by atoms with van der Waals surface area (Å²) in [4.78, 5) is 5.69. The third-order valence-electron chi connectivity index (χ3n) is 2.59. The first-order valence-corrected chi connectivity index (χ1v) is 6.27. The summed E-state index contributed by atoms with van der Waals surface area (Å²) in [6.07, 6.45) is 6.38. The third-order valence-corrected chi connectivity index (χ3v) is 3.46. The molecule has 0 amide bonds. The highest BCUT2D eigenvalue weighted by Gasteiger charge is 2.11. The van der Waals surface area contributed by atoms with Crippen molar-refractivity contribution in [3.63, 3.8) is 0 Å². The first-order chi connectivity index (χ1) is 7.33. The maximum absolute atomic E-state index is 4.44. The second-order valence-electron chi connectivity index (χ2n) is 3.77. The molecule has 0 radical (unpaired) electrons. The lowest BCUT2D eigenvalue weighted by Gasteiger charge is -2.14. The molecule has 1 atom stereocenters. The zero-order valence-electron chi connectivity index (χ0n) is 9.18. The first-order valence-electron chi connectivity index (χ1n) is 5.39. The normalized spacial score (nSPS) is 12.9. The predicted octanol–water partition coefficient (Wildman–Crippen LogP) is 3.97. The fourth-order valence-corrected chi connectivity index (χ4v) is 2.55. The van der Waals surface area contributed by atoms with Crippen LogP contribution in [0, 0.1) is 0 Å². The van der Waals surface area contributed by atoms with Crippen molar-refractivity contribution in [3.8, 4) is 10.7 Å². The van der Waals surface area contributed by atoms with Gasteiger partial charge in [0.05, 0.1) is 4.88 Å². The van der Waals surface area contributed by atoms with Gasteiger partial charge >= 0.3 is 0 Å². The summed E-state index contributed by atoms with van der Waals surface area (Å²) in [5.74, 6) is 1.10. The Hall–Kier alpha value is -1.09. The van der Waals surface area contributed by atoms with Crippen molar-refractivity contribution in [3.05, 3.63) is 29.9 Å². The van der Waals surface area contributed by atoms with Crippen LogP contribution < -0.4 is 0 Å². The number of hydrogen-bond donors (Lipinski definition) is 0. The van der Waals surface area contributed by atoms with E-state index < -0.39 is 0 Å². The number of nitrogens with zero attached hydrogens (tertiary/aromatic N) is 2. The SMILES string of the molecule is CCCC(C)n1ccnc1-c1cccs1. The van der Waals surface area contributed by atoms with Gasteiger partial charge < -0.3 is 4.57 Å². The molecule has 2 rings (SSSR count). The molecule has 80 valence electrons. The number of aromatic nitrogens is 2. The molecule has 3 heteroatoms. The van der Waals surface area contributed by atoms with Gasteiger partial charge in [0.2, 0.25) is 0 Å². The van der Waals surface area contributed by atoms with E-state index in [0.29, 0.717) is 6.04 Å². The summed E-state index contributed by atoms with van der Waals surface area (Å²) in [5, 5.41) is 2.10. The first kappa shape index (κ1) is 10.4. The fraction of sp³-hybridized carbons (Fsp3) is 0.417. The van der Waals surface area contributed by atoms with Gasteiger partial charge in [-0.15, -0.1) is 11.3 Å². The minimum Gasteiger partial charge on any atom is -0.328 e. The molecule has 0 saturated carbocycles. The van der Waals surface area contributed by atoms with Crippen molar-refractivity contribution in [2.24, 2.45) is 0 Å². The molecule has 0 saturated heterocycles. The highest BCUT2D eigenvalue weighted by molar-refractivity contribution is 7.13. The molecule has 0 aliphatic rings. The monoisotopic (exact) mass is 220 g/mol. The Morgan fingerprint density at radius 3 is 3.07 bits per heavy atom. The number of imidazole rings is 1. The van der Waals surface area contributed by atoms with Gasteiger partial charge in [-0.25, -0.2) is 4.98 Å².